The predicted molar refractivity (Wildman–Crippen MR) is 147 cm³/mol. The molecule has 1 heterocycles. The van der Waals surface area contributed by atoms with Crippen LogP contribution in [0, 0.1) is 17.1 Å². The number of amides is 1. The second kappa shape index (κ2) is 11.3. The van der Waals surface area contributed by atoms with Crippen LogP contribution in [0.15, 0.2) is 115 Å². The number of fused-ring (bicyclic) bond motifs is 1. The monoisotopic (exact) mass is 501 g/mol. The van der Waals surface area contributed by atoms with E-state index >= 15 is 0 Å². The predicted octanol–water partition coefficient (Wildman–Crippen LogP) is 6.95. The van der Waals surface area contributed by atoms with Gasteiger partial charge in [0.25, 0.3) is 5.91 Å². The third-order valence-corrected chi connectivity index (χ3v) is 6.11. The van der Waals surface area contributed by atoms with E-state index in [1.54, 1.807) is 42.5 Å². The summed E-state index contributed by atoms with van der Waals surface area (Å²) >= 11 is 0. The number of aromatic nitrogens is 1. The van der Waals surface area contributed by atoms with Gasteiger partial charge < -0.3 is 14.6 Å². The van der Waals surface area contributed by atoms with Crippen LogP contribution in [0.25, 0.3) is 17.0 Å². The third kappa shape index (κ3) is 5.80. The van der Waals surface area contributed by atoms with Crippen LogP contribution in [0.4, 0.5) is 10.1 Å². The molecule has 0 saturated carbocycles. The van der Waals surface area contributed by atoms with Gasteiger partial charge in [-0.05, 0) is 59.7 Å². The van der Waals surface area contributed by atoms with Gasteiger partial charge in [-0.1, -0.05) is 60.7 Å². The van der Waals surface area contributed by atoms with Crippen molar-refractivity contribution in [2.45, 2.75) is 13.2 Å². The minimum absolute atomic E-state index is 0.0147. The second-order valence-corrected chi connectivity index (χ2v) is 8.78. The number of hydrogen-bond acceptors (Lipinski definition) is 3. The molecule has 5 aromatic rings. The highest BCUT2D eigenvalue weighted by atomic mass is 19.1. The van der Waals surface area contributed by atoms with E-state index < -0.39 is 5.91 Å². The van der Waals surface area contributed by atoms with Gasteiger partial charge in [0.05, 0.1) is 0 Å². The van der Waals surface area contributed by atoms with E-state index in [-0.39, 0.29) is 11.4 Å². The summed E-state index contributed by atoms with van der Waals surface area (Å²) in [6.45, 7) is 0.976. The summed E-state index contributed by atoms with van der Waals surface area (Å²) in [7, 11) is 0. The maximum Gasteiger partial charge on any atom is 0.266 e. The van der Waals surface area contributed by atoms with Crippen LogP contribution in [-0.4, -0.2) is 10.5 Å². The number of anilines is 1. The summed E-state index contributed by atoms with van der Waals surface area (Å²) in [5, 5.41) is 13.5. The molecule has 0 aliphatic heterocycles. The minimum atomic E-state index is -0.499. The number of nitrogens with one attached hydrogen (secondary N) is 1. The first-order valence-corrected chi connectivity index (χ1v) is 12.1. The standard InChI is InChI=1S/C32H24FN3O2/c33-27-12-10-23(11-13-27)20-36-21-26(30-8-4-5-9-31(30)36)18-25(19-34)32(37)35-28-14-16-29(17-15-28)38-22-24-6-2-1-3-7-24/h1-18,21H,20,22H2,(H,35,37)/b25-18+. The summed E-state index contributed by atoms with van der Waals surface area (Å²) in [5.74, 6) is -0.105. The highest BCUT2D eigenvalue weighted by molar-refractivity contribution is 6.10. The van der Waals surface area contributed by atoms with Gasteiger partial charge in [0.15, 0.2) is 0 Å². The lowest BCUT2D eigenvalue weighted by Crippen LogP contribution is -2.13. The molecule has 0 aliphatic rings. The third-order valence-electron chi connectivity index (χ3n) is 6.11. The number of nitrogens with zero attached hydrogens (tertiary/aromatic N) is 2. The summed E-state index contributed by atoms with van der Waals surface area (Å²) in [5.41, 5.74) is 4.25. The maximum absolute atomic E-state index is 13.3. The minimum Gasteiger partial charge on any atom is -0.489 e. The Bertz CT molecular complexity index is 1630. The van der Waals surface area contributed by atoms with Crippen molar-refractivity contribution in [3.05, 3.63) is 137 Å². The Morgan fingerprint density at radius 2 is 1.61 bits per heavy atom. The molecule has 5 nitrogen and oxygen atoms in total. The van der Waals surface area contributed by atoms with E-state index in [1.165, 1.54) is 12.1 Å². The van der Waals surface area contributed by atoms with E-state index in [0.29, 0.717) is 24.6 Å². The van der Waals surface area contributed by atoms with Gasteiger partial charge >= 0.3 is 0 Å². The number of hydrogen-bond donors (Lipinski definition) is 1. The lowest BCUT2D eigenvalue weighted by molar-refractivity contribution is -0.112. The van der Waals surface area contributed by atoms with Crippen molar-refractivity contribution in [3.63, 3.8) is 0 Å². The first-order chi connectivity index (χ1) is 18.6. The highest BCUT2D eigenvalue weighted by Crippen LogP contribution is 2.25. The lowest BCUT2D eigenvalue weighted by atomic mass is 10.1. The number of para-hydroxylation sites is 1. The van der Waals surface area contributed by atoms with Gasteiger partial charge in [-0.2, -0.15) is 5.26 Å². The van der Waals surface area contributed by atoms with E-state index in [1.807, 2.05) is 71.4 Å². The molecular weight excluding hydrogens is 477 g/mol. The maximum atomic E-state index is 13.3. The second-order valence-electron chi connectivity index (χ2n) is 8.78. The fourth-order valence-corrected chi connectivity index (χ4v) is 4.19. The van der Waals surface area contributed by atoms with Gasteiger partial charge in [-0.25, -0.2) is 4.39 Å². The number of benzene rings is 4. The molecule has 38 heavy (non-hydrogen) atoms. The van der Waals surface area contributed by atoms with E-state index in [0.717, 1.165) is 27.6 Å². The van der Waals surface area contributed by atoms with Crippen LogP contribution in [0.5, 0.6) is 5.75 Å². The van der Waals surface area contributed by atoms with Crippen LogP contribution in [-0.2, 0) is 17.9 Å². The normalized spacial score (nSPS) is 11.2. The van der Waals surface area contributed by atoms with Gasteiger partial charge in [0.1, 0.15) is 29.8 Å². The Labute approximate surface area is 220 Å². The Balaban J connectivity index is 1.31. The van der Waals surface area contributed by atoms with Crippen molar-refractivity contribution in [2.75, 3.05) is 5.32 Å². The molecule has 0 atom stereocenters. The molecule has 0 spiro atoms. The number of ether oxygens (including phenoxy) is 1. The molecule has 0 bridgehead atoms. The van der Waals surface area contributed by atoms with E-state index in [4.69, 9.17) is 4.74 Å². The Morgan fingerprint density at radius 1 is 0.895 bits per heavy atom. The fourth-order valence-electron chi connectivity index (χ4n) is 4.19. The molecule has 0 radical (unpaired) electrons. The van der Waals surface area contributed by atoms with Gasteiger partial charge in [-0.3, -0.25) is 4.79 Å². The Morgan fingerprint density at radius 3 is 2.34 bits per heavy atom. The first-order valence-electron chi connectivity index (χ1n) is 12.1. The van der Waals surface area contributed by atoms with Crippen molar-refractivity contribution in [1.82, 2.24) is 4.57 Å². The van der Waals surface area contributed by atoms with Gasteiger partial charge in [-0.15, -0.1) is 0 Å². The van der Waals surface area contributed by atoms with Crippen LogP contribution >= 0.6 is 0 Å². The molecule has 0 fully saturated rings. The molecule has 0 unspecified atom stereocenters. The van der Waals surface area contributed by atoms with Crippen LogP contribution < -0.4 is 10.1 Å². The van der Waals surface area contributed by atoms with E-state index in [2.05, 4.69) is 5.32 Å². The van der Waals surface area contributed by atoms with Crippen LogP contribution in [0.1, 0.15) is 16.7 Å². The SMILES string of the molecule is N#C/C(=C\c1cn(Cc2ccc(F)cc2)c2ccccc12)C(=O)Nc1ccc(OCc2ccccc2)cc1. The van der Waals surface area contributed by atoms with Crippen molar-refractivity contribution >= 4 is 28.6 Å². The van der Waals surface area contributed by atoms with Crippen molar-refractivity contribution in [1.29, 1.82) is 5.26 Å². The van der Waals surface area contributed by atoms with Gasteiger partial charge in [0, 0.05) is 34.9 Å². The van der Waals surface area contributed by atoms with Crippen LogP contribution in [0.3, 0.4) is 0 Å². The van der Waals surface area contributed by atoms with Crippen molar-refractivity contribution < 1.29 is 13.9 Å². The largest absolute Gasteiger partial charge is 0.489 e. The number of carbonyl (C=O) groups is 1. The number of halogens is 1. The molecule has 4 aromatic carbocycles. The molecule has 1 aromatic heterocycles. The average Bonchev–Trinajstić information content (AvgIpc) is 3.30. The van der Waals surface area contributed by atoms with Gasteiger partial charge in [0.2, 0.25) is 0 Å². The Hall–Kier alpha value is -5.15. The molecular formula is C32H24FN3O2. The molecule has 186 valence electrons. The molecule has 5 rings (SSSR count). The number of rotatable bonds is 8. The quantitative estimate of drug-likeness (QED) is 0.185. The molecule has 1 N–H and O–H groups in total. The summed E-state index contributed by atoms with van der Waals surface area (Å²) in [6.07, 6.45) is 3.49. The lowest BCUT2D eigenvalue weighted by Gasteiger charge is -2.08. The zero-order valence-corrected chi connectivity index (χ0v) is 20.5. The molecule has 0 aliphatic carbocycles. The van der Waals surface area contributed by atoms with Crippen molar-refractivity contribution in [3.8, 4) is 11.8 Å². The fraction of sp³-hybridized carbons (Fsp3) is 0.0625. The molecule has 6 heteroatoms. The smallest absolute Gasteiger partial charge is 0.266 e. The highest BCUT2D eigenvalue weighted by Gasteiger charge is 2.13. The summed E-state index contributed by atoms with van der Waals surface area (Å²) in [4.78, 5) is 12.9. The summed E-state index contributed by atoms with van der Waals surface area (Å²) < 4.78 is 21.1. The topological polar surface area (TPSA) is 67.0 Å². The first kappa shape index (κ1) is 24.5. The average molecular weight is 502 g/mol. The zero-order valence-electron chi connectivity index (χ0n) is 20.5. The Kier molecular flexibility index (Phi) is 7.28. The number of carbonyl (C=O) groups excluding carboxylic acids is 1. The van der Waals surface area contributed by atoms with Crippen molar-refractivity contribution in [2.24, 2.45) is 0 Å². The van der Waals surface area contributed by atoms with Crippen LogP contribution in [0.2, 0.25) is 0 Å². The van der Waals surface area contributed by atoms with E-state index in [9.17, 15) is 14.4 Å². The molecule has 0 saturated heterocycles. The zero-order chi connectivity index (χ0) is 26.3. The summed E-state index contributed by atoms with van der Waals surface area (Å²) in [6, 6.07) is 33.0. The number of nitriles is 1. The molecule has 1 amide bonds.